The lowest BCUT2D eigenvalue weighted by atomic mass is 10.0. The van der Waals surface area contributed by atoms with E-state index in [1.54, 1.807) is 12.5 Å². The van der Waals surface area contributed by atoms with Gasteiger partial charge in [-0.2, -0.15) is 0 Å². The number of aliphatic hydroxyl groups is 1. The molecule has 0 aliphatic heterocycles. The van der Waals surface area contributed by atoms with E-state index in [1.807, 2.05) is 11.6 Å². The number of hydrogen-bond acceptors (Lipinski definition) is 2. The molecule has 13 heavy (non-hydrogen) atoms. The van der Waals surface area contributed by atoms with Gasteiger partial charge in [0.1, 0.15) is 0 Å². The van der Waals surface area contributed by atoms with Gasteiger partial charge < -0.3 is 9.67 Å². The van der Waals surface area contributed by atoms with Crippen LogP contribution in [0.15, 0.2) is 12.5 Å². The molecule has 0 aliphatic carbocycles. The lowest BCUT2D eigenvalue weighted by Crippen LogP contribution is -2.11. The van der Waals surface area contributed by atoms with Crippen LogP contribution in [0.1, 0.15) is 12.1 Å². The average molecular weight is 178 g/mol. The number of aromatic nitrogens is 2. The summed E-state index contributed by atoms with van der Waals surface area (Å²) in [5.41, 5.74) is 1.11. The van der Waals surface area contributed by atoms with Crippen LogP contribution < -0.4 is 0 Å². The van der Waals surface area contributed by atoms with Crippen LogP contribution in [0.5, 0.6) is 0 Å². The predicted molar refractivity (Wildman–Crippen MR) is 50.9 cm³/mol. The number of hydrogen-bond donors (Lipinski definition) is 1. The molecule has 1 atom stereocenters. The lowest BCUT2D eigenvalue weighted by molar-refractivity contribution is 0.227. The number of rotatable bonds is 4. The van der Waals surface area contributed by atoms with Crippen molar-refractivity contribution in [1.29, 1.82) is 0 Å². The van der Waals surface area contributed by atoms with E-state index in [2.05, 4.69) is 10.9 Å². The Labute approximate surface area is 78.4 Å². The quantitative estimate of drug-likeness (QED) is 0.685. The molecule has 1 unspecified atom stereocenters. The number of imidazole rings is 1. The Kier molecular flexibility index (Phi) is 3.53. The second-order valence-electron chi connectivity index (χ2n) is 3.16. The topological polar surface area (TPSA) is 38.1 Å². The van der Waals surface area contributed by atoms with E-state index >= 15 is 0 Å². The molecule has 0 fully saturated rings. The van der Waals surface area contributed by atoms with E-state index in [1.165, 1.54) is 0 Å². The second-order valence-corrected chi connectivity index (χ2v) is 3.16. The van der Waals surface area contributed by atoms with Gasteiger partial charge in [0.2, 0.25) is 0 Å². The van der Waals surface area contributed by atoms with E-state index in [4.69, 9.17) is 11.5 Å². The van der Waals surface area contributed by atoms with Crippen LogP contribution in [0.3, 0.4) is 0 Å². The minimum absolute atomic E-state index is 0.134. The normalized spacial score (nSPS) is 12.4. The molecule has 0 saturated carbocycles. The van der Waals surface area contributed by atoms with Crippen LogP contribution in [0.2, 0.25) is 0 Å². The Bertz CT molecular complexity index is 298. The zero-order valence-electron chi connectivity index (χ0n) is 7.77. The van der Waals surface area contributed by atoms with Crippen molar-refractivity contribution in [2.45, 2.75) is 12.8 Å². The summed E-state index contributed by atoms with van der Waals surface area (Å²) >= 11 is 0. The van der Waals surface area contributed by atoms with Gasteiger partial charge in [0, 0.05) is 32.0 Å². The van der Waals surface area contributed by atoms with Crippen LogP contribution in [-0.4, -0.2) is 21.3 Å². The standard InChI is InChI=1S/C10H14N2O/c1-3-4-9(7-13)5-10-6-11-8-12(10)2/h1,6,8-9,13H,4-5,7H2,2H3. The number of terminal acetylenes is 1. The average Bonchev–Trinajstić information content (AvgIpc) is 2.51. The van der Waals surface area contributed by atoms with Gasteiger partial charge in [0.15, 0.2) is 0 Å². The molecule has 70 valence electrons. The molecule has 3 heteroatoms. The minimum atomic E-state index is 0.134. The maximum atomic E-state index is 9.02. The molecule has 3 nitrogen and oxygen atoms in total. The summed E-state index contributed by atoms with van der Waals surface area (Å²) in [4.78, 5) is 4.00. The third-order valence-electron chi connectivity index (χ3n) is 2.08. The number of aryl methyl sites for hydroxylation is 1. The molecular formula is C10H14N2O. The van der Waals surface area contributed by atoms with Gasteiger partial charge in [-0.15, -0.1) is 12.3 Å². The van der Waals surface area contributed by atoms with Crippen molar-refractivity contribution in [1.82, 2.24) is 9.55 Å². The smallest absolute Gasteiger partial charge is 0.0945 e. The molecule has 1 rings (SSSR count). The molecule has 0 aliphatic rings. The Morgan fingerprint density at radius 1 is 1.77 bits per heavy atom. The van der Waals surface area contributed by atoms with Crippen molar-refractivity contribution in [3.63, 3.8) is 0 Å². The van der Waals surface area contributed by atoms with Gasteiger partial charge in [0.25, 0.3) is 0 Å². The molecule has 0 radical (unpaired) electrons. The first-order chi connectivity index (χ1) is 6.27. The summed E-state index contributed by atoms with van der Waals surface area (Å²) < 4.78 is 1.94. The highest BCUT2D eigenvalue weighted by Crippen LogP contribution is 2.10. The fraction of sp³-hybridized carbons (Fsp3) is 0.500. The molecule has 1 aromatic rings. The summed E-state index contributed by atoms with van der Waals surface area (Å²) in [6, 6.07) is 0. The fourth-order valence-corrected chi connectivity index (χ4v) is 1.24. The van der Waals surface area contributed by atoms with Crippen molar-refractivity contribution in [3.05, 3.63) is 18.2 Å². The van der Waals surface area contributed by atoms with Gasteiger partial charge in [-0.3, -0.25) is 0 Å². The maximum Gasteiger partial charge on any atom is 0.0945 e. The van der Waals surface area contributed by atoms with E-state index in [0.29, 0.717) is 6.42 Å². The van der Waals surface area contributed by atoms with Crippen LogP contribution in [0.4, 0.5) is 0 Å². The highest BCUT2D eigenvalue weighted by Gasteiger charge is 2.09. The first-order valence-electron chi connectivity index (χ1n) is 4.27. The second kappa shape index (κ2) is 4.68. The zero-order chi connectivity index (χ0) is 9.68. The van der Waals surface area contributed by atoms with Crippen LogP contribution in [0, 0.1) is 18.3 Å². The van der Waals surface area contributed by atoms with Gasteiger partial charge >= 0.3 is 0 Å². The van der Waals surface area contributed by atoms with E-state index in [-0.39, 0.29) is 12.5 Å². The van der Waals surface area contributed by atoms with Crippen molar-refractivity contribution in [3.8, 4) is 12.3 Å². The van der Waals surface area contributed by atoms with E-state index in [0.717, 1.165) is 12.1 Å². The zero-order valence-corrected chi connectivity index (χ0v) is 7.77. The monoisotopic (exact) mass is 178 g/mol. The highest BCUT2D eigenvalue weighted by molar-refractivity contribution is 5.00. The first-order valence-corrected chi connectivity index (χ1v) is 4.27. The van der Waals surface area contributed by atoms with Crippen LogP contribution in [0.25, 0.3) is 0 Å². The third-order valence-corrected chi connectivity index (χ3v) is 2.08. The van der Waals surface area contributed by atoms with Gasteiger partial charge in [-0.25, -0.2) is 4.98 Å². The van der Waals surface area contributed by atoms with Crippen LogP contribution in [-0.2, 0) is 13.5 Å². The van der Waals surface area contributed by atoms with Crippen LogP contribution >= 0.6 is 0 Å². The van der Waals surface area contributed by atoms with E-state index < -0.39 is 0 Å². The third kappa shape index (κ3) is 2.60. The Hall–Kier alpha value is -1.27. The molecule has 0 aromatic carbocycles. The van der Waals surface area contributed by atoms with Crippen molar-refractivity contribution in [2.75, 3.05) is 6.61 Å². The summed E-state index contributed by atoms with van der Waals surface area (Å²) in [5.74, 6) is 2.71. The molecule has 0 bridgehead atoms. The van der Waals surface area contributed by atoms with Crippen molar-refractivity contribution in [2.24, 2.45) is 13.0 Å². The van der Waals surface area contributed by atoms with Gasteiger partial charge in [-0.1, -0.05) is 0 Å². The maximum absolute atomic E-state index is 9.02. The van der Waals surface area contributed by atoms with Crippen molar-refractivity contribution < 1.29 is 5.11 Å². The predicted octanol–water partition coefficient (Wildman–Crippen LogP) is 0.594. The molecule has 0 saturated heterocycles. The summed E-state index contributed by atoms with van der Waals surface area (Å²) in [7, 11) is 1.94. The summed E-state index contributed by atoms with van der Waals surface area (Å²) in [6.45, 7) is 0.134. The van der Waals surface area contributed by atoms with Crippen molar-refractivity contribution >= 4 is 0 Å². The minimum Gasteiger partial charge on any atom is -0.396 e. The van der Waals surface area contributed by atoms with Gasteiger partial charge in [-0.05, 0) is 12.3 Å². The number of aliphatic hydroxyl groups excluding tert-OH is 1. The summed E-state index contributed by atoms with van der Waals surface area (Å²) in [5, 5.41) is 9.02. The molecular weight excluding hydrogens is 164 g/mol. The number of nitrogens with zero attached hydrogens (tertiary/aromatic N) is 2. The highest BCUT2D eigenvalue weighted by atomic mass is 16.3. The Morgan fingerprint density at radius 2 is 2.54 bits per heavy atom. The SMILES string of the molecule is C#CCC(CO)Cc1cncn1C. The Morgan fingerprint density at radius 3 is 3.00 bits per heavy atom. The molecule has 0 spiro atoms. The molecule has 1 aromatic heterocycles. The molecule has 0 amide bonds. The lowest BCUT2D eigenvalue weighted by Gasteiger charge is -2.10. The molecule has 1 N–H and O–H groups in total. The fourth-order valence-electron chi connectivity index (χ4n) is 1.24. The van der Waals surface area contributed by atoms with E-state index in [9.17, 15) is 0 Å². The first kappa shape index (κ1) is 9.82. The van der Waals surface area contributed by atoms with Gasteiger partial charge in [0.05, 0.1) is 6.33 Å². The molecule has 1 heterocycles. The largest absolute Gasteiger partial charge is 0.396 e. The Balaban J connectivity index is 2.57. The summed E-state index contributed by atoms with van der Waals surface area (Å²) in [6.07, 6.45) is 10.1.